The number of aryl methyl sites for hydroxylation is 2. The van der Waals surface area contributed by atoms with Crippen molar-refractivity contribution in [2.45, 2.75) is 59.4 Å². The predicted molar refractivity (Wildman–Crippen MR) is 108 cm³/mol. The van der Waals surface area contributed by atoms with Gasteiger partial charge in [-0.3, -0.25) is 9.48 Å². The zero-order valence-corrected chi connectivity index (χ0v) is 16.9. The smallest absolute Gasteiger partial charge is 0.257 e. The molecule has 2 heterocycles. The summed E-state index contributed by atoms with van der Waals surface area (Å²) < 4.78 is 1.99. The number of piperidine rings is 1. The maximum Gasteiger partial charge on any atom is 0.257 e. The molecule has 2 aromatic rings. The third-order valence-corrected chi connectivity index (χ3v) is 6.63. The number of benzene rings is 1. The molecule has 144 valence electrons. The van der Waals surface area contributed by atoms with Crippen LogP contribution in [0.4, 0.5) is 0 Å². The van der Waals surface area contributed by atoms with Crippen molar-refractivity contribution < 1.29 is 4.79 Å². The molecule has 4 heteroatoms. The first-order chi connectivity index (χ1) is 13.0. The average Bonchev–Trinajstić information content (AvgIpc) is 2.96. The van der Waals surface area contributed by atoms with Crippen LogP contribution in [-0.2, 0) is 6.54 Å². The molecule has 4 rings (SSSR count). The van der Waals surface area contributed by atoms with Crippen molar-refractivity contribution in [2.24, 2.45) is 11.8 Å². The van der Waals surface area contributed by atoms with Crippen molar-refractivity contribution in [3.05, 3.63) is 52.3 Å². The maximum atomic E-state index is 13.3. The lowest BCUT2D eigenvalue weighted by Gasteiger charge is -2.41. The molecule has 1 aromatic carbocycles. The van der Waals surface area contributed by atoms with Crippen LogP contribution in [0.5, 0.6) is 0 Å². The summed E-state index contributed by atoms with van der Waals surface area (Å²) in [5, 5.41) is 4.69. The zero-order chi connectivity index (χ0) is 19.0. The van der Waals surface area contributed by atoms with Crippen LogP contribution in [0.15, 0.2) is 24.3 Å². The standard InChI is InChI=1S/C23H31N3O/c1-16-8-10-19(11-9-16)14-26-18(3)22(17(2)24-26)23(27)25-13-12-20-6-4-5-7-21(20)15-25/h8-11,20-21H,4-7,12-15H2,1-3H3/t20-,21-/m0/s1. The Labute approximate surface area is 162 Å². The van der Waals surface area contributed by atoms with Gasteiger partial charge in [0.1, 0.15) is 0 Å². The summed E-state index contributed by atoms with van der Waals surface area (Å²) in [6.07, 6.45) is 6.53. The molecule has 1 amide bonds. The van der Waals surface area contributed by atoms with Crippen molar-refractivity contribution in [3.63, 3.8) is 0 Å². The van der Waals surface area contributed by atoms with Crippen LogP contribution in [0, 0.1) is 32.6 Å². The second-order valence-electron chi connectivity index (χ2n) is 8.53. The SMILES string of the molecule is Cc1ccc(Cn2nc(C)c(C(=O)N3CC[C@@H]4CCCC[C@H]4C3)c2C)cc1. The molecule has 0 bridgehead atoms. The van der Waals surface area contributed by atoms with Crippen molar-refractivity contribution in [1.82, 2.24) is 14.7 Å². The van der Waals surface area contributed by atoms with Gasteiger partial charge in [-0.1, -0.05) is 49.1 Å². The molecular formula is C23H31N3O. The molecule has 0 N–H and O–H groups in total. The zero-order valence-electron chi connectivity index (χ0n) is 16.9. The lowest BCUT2D eigenvalue weighted by molar-refractivity contribution is 0.0519. The quantitative estimate of drug-likeness (QED) is 0.803. The molecule has 1 saturated carbocycles. The summed E-state index contributed by atoms with van der Waals surface area (Å²) in [7, 11) is 0. The summed E-state index contributed by atoms with van der Waals surface area (Å²) in [6.45, 7) is 8.66. The van der Waals surface area contributed by atoms with E-state index in [1.165, 1.54) is 43.2 Å². The van der Waals surface area contributed by atoms with Crippen LogP contribution in [-0.4, -0.2) is 33.7 Å². The summed E-state index contributed by atoms with van der Waals surface area (Å²) in [5.74, 6) is 1.73. The van der Waals surface area contributed by atoms with E-state index >= 15 is 0 Å². The van der Waals surface area contributed by atoms with Crippen LogP contribution in [0.1, 0.15) is 65.0 Å². The second-order valence-corrected chi connectivity index (χ2v) is 8.53. The molecule has 1 aliphatic carbocycles. The summed E-state index contributed by atoms with van der Waals surface area (Å²) in [4.78, 5) is 15.4. The van der Waals surface area contributed by atoms with Gasteiger partial charge in [-0.2, -0.15) is 5.10 Å². The Hall–Kier alpha value is -2.10. The summed E-state index contributed by atoms with van der Waals surface area (Å²) in [5.41, 5.74) is 5.14. The number of aromatic nitrogens is 2. The highest BCUT2D eigenvalue weighted by molar-refractivity contribution is 5.96. The van der Waals surface area contributed by atoms with E-state index in [1.807, 2.05) is 18.5 Å². The van der Waals surface area contributed by atoms with Gasteiger partial charge in [0, 0.05) is 18.8 Å². The molecule has 1 aromatic heterocycles. The summed E-state index contributed by atoms with van der Waals surface area (Å²) >= 11 is 0. The van der Waals surface area contributed by atoms with Crippen LogP contribution < -0.4 is 0 Å². The molecule has 2 atom stereocenters. The third-order valence-electron chi connectivity index (χ3n) is 6.63. The fourth-order valence-corrected chi connectivity index (χ4v) is 4.97. The molecule has 4 nitrogen and oxygen atoms in total. The van der Waals surface area contributed by atoms with Gasteiger partial charge >= 0.3 is 0 Å². The van der Waals surface area contributed by atoms with Crippen LogP contribution in [0.3, 0.4) is 0 Å². The molecule has 0 spiro atoms. The van der Waals surface area contributed by atoms with Gasteiger partial charge < -0.3 is 4.90 Å². The van der Waals surface area contributed by atoms with Gasteiger partial charge in [0.15, 0.2) is 0 Å². The number of likely N-dealkylation sites (tertiary alicyclic amines) is 1. The lowest BCUT2D eigenvalue weighted by atomic mass is 9.75. The number of hydrogen-bond acceptors (Lipinski definition) is 2. The number of fused-ring (bicyclic) bond motifs is 1. The minimum absolute atomic E-state index is 0.184. The Balaban J connectivity index is 1.52. The number of hydrogen-bond donors (Lipinski definition) is 0. The highest BCUT2D eigenvalue weighted by Gasteiger charge is 2.34. The van der Waals surface area contributed by atoms with Gasteiger partial charge in [-0.05, 0) is 51.0 Å². The second kappa shape index (κ2) is 7.49. The third kappa shape index (κ3) is 3.67. The first-order valence-electron chi connectivity index (χ1n) is 10.4. The molecular weight excluding hydrogens is 334 g/mol. The van der Waals surface area contributed by atoms with Crippen molar-refractivity contribution >= 4 is 5.91 Å². The number of carbonyl (C=O) groups excluding carboxylic acids is 1. The molecule has 0 radical (unpaired) electrons. The predicted octanol–water partition coefficient (Wildman–Crippen LogP) is 4.51. The van der Waals surface area contributed by atoms with E-state index in [4.69, 9.17) is 5.10 Å². The normalized spacial score (nSPS) is 22.6. The summed E-state index contributed by atoms with van der Waals surface area (Å²) in [6, 6.07) is 8.53. The Bertz CT molecular complexity index is 821. The Kier molecular flexibility index (Phi) is 5.07. The highest BCUT2D eigenvalue weighted by atomic mass is 16.2. The van der Waals surface area contributed by atoms with Crippen molar-refractivity contribution in [3.8, 4) is 0 Å². The van der Waals surface area contributed by atoms with Gasteiger partial charge in [0.25, 0.3) is 5.91 Å². The van der Waals surface area contributed by atoms with E-state index in [1.54, 1.807) is 0 Å². The fraction of sp³-hybridized carbons (Fsp3) is 0.565. The Morgan fingerprint density at radius 3 is 2.48 bits per heavy atom. The van der Waals surface area contributed by atoms with Gasteiger partial charge in [-0.15, -0.1) is 0 Å². The van der Waals surface area contributed by atoms with Crippen LogP contribution in [0.2, 0.25) is 0 Å². The van der Waals surface area contributed by atoms with E-state index in [0.717, 1.165) is 36.0 Å². The van der Waals surface area contributed by atoms with Crippen molar-refractivity contribution in [1.29, 1.82) is 0 Å². The molecule has 1 aliphatic heterocycles. The van der Waals surface area contributed by atoms with Crippen LogP contribution >= 0.6 is 0 Å². The lowest BCUT2D eigenvalue weighted by Crippen LogP contribution is -2.45. The molecule has 0 unspecified atom stereocenters. The van der Waals surface area contributed by atoms with E-state index in [2.05, 4.69) is 36.1 Å². The molecule has 27 heavy (non-hydrogen) atoms. The number of nitrogens with zero attached hydrogens (tertiary/aromatic N) is 3. The first kappa shape index (κ1) is 18.3. The average molecular weight is 366 g/mol. The first-order valence-corrected chi connectivity index (χ1v) is 10.4. The monoisotopic (exact) mass is 365 g/mol. The van der Waals surface area contributed by atoms with E-state index in [-0.39, 0.29) is 5.91 Å². The number of carbonyl (C=O) groups is 1. The van der Waals surface area contributed by atoms with Gasteiger partial charge in [0.05, 0.1) is 17.8 Å². The fourth-order valence-electron chi connectivity index (χ4n) is 4.97. The minimum Gasteiger partial charge on any atom is -0.338 e. The van der Waals surface area contributed by atoms with E-state index in [9.17, 15) is 4.79 Å². The molecule has 2 aliphatic rings. The van der Waals surface area contributed by atoms with E-state index < -0.39 is 0 Å². The topological polar surface area (TPSA) is 38.1 Å². The van der Waals surface area contributed by atoms with Crippen molar-refractivity contribution in [2.75, 3.05) is 13.1 Å². The number of rotatable bonds is 3. The molecule has 2 fully saturated rings. The number of amides is 1. The highest BCUT2D eigenvalue weighted by Crippen LogP contribution is 2.36. The Morgan fingerprint density at radius 2 is 1.74 bits per heavy atom. The maximum absolute atomic E-state index is 13.3. The van der Waals surface area contributed by atoms with Gasteiger partial charge in [-0.25, -0.2) is 0 Å². The minimum atomic E-state index is 0.184. The van der Waals surface area contributed by atoms with E-state index in [0.29, 0.717) is 12.5 Å². The largest absolute Gasteiger partial charge is 0.338 e. The Morgan fingerprint density at radius 1 is 1.04 bits per heavy atom. The van der Waals surface area contributed by atoms with Gasteiger partial charge in [0.2, 0.25) is 0 Å². The molecule has 1 saturated heterocycles. The van der Waals surface area contributed by atoms with Crippen LogP contribution in [0.25, 0.3) is 0 Å².